The Morgan fingerprint density at radius 3 is 2.60 bits per heavy atom. The van der Waals surface area contributed by atoms with Crippen LogP contribution < -0.4 is 4.90 Å². The van der Waals surface area contributed by atoms with Gasteiger partial charge in [-0.15, -0.1) is 0 Å². The number of aliphatic hydroxyl groups is 1. The summed E-state index contributed by atoms with van der Waals surface area (Å²) in [6.45, 7) is 3.58. The van der Waals surface area contributed by atoms with Crippen molar-refractivity contribution in [1.29, 1.82) is 0 Å². The average Bonchev–Trinajstić information content (AvgIpc) is 2.47. The smallest absolute Gasteiger partial charge is 0.337 e. The van der Waals surface area contributed by atoms with E-state index in [4.69, 9.17) is 5.11 Å². The number of fused-ring (bicyclic) bond motifs is 1. The maximum absolute atomic E-state index is 11.3. The average molecular weight is 274 g/mol. The molecule has 0 radical (unpaired) electrons. The molecule has 1 aromatic carbocycles. The zero-order valence-electron chi connectivity index (χ0n) is 11.4. The van der Waals surface area contributed by atoms with Crippen LogP contribution in [0, 0.1) is 0 Å². The fourth-order valence-electron chi connectivity index (χ4n) is 2.28. The van der Waals surface area contributed by atoms with E-state index < -0.39 is 5.97 Å². The lowest BCUT2D eigenvalue weighted by Gasteiger charge is -2.23. The van der Waals surface area contributed by atoms with Crippen LogP contribution in [0.25, 0.3) is 10.8 Å². The summed E-state index contributed by atoms with van der Waals surface area (Å²) >= 11 is 0. The molecule has 106 valence electrons. The molecule has 0 saturated carbocycles. The third kappa shape index (κ3) is 2.72. The third-order valence-corrected chi connectivity index (χ3v) is 3.27. The van der Waals surface area contributed by atoms with Gasteiger partial charge in [-0.25, -0.2) is 9.78 Å². The normalized spacial score (nSPS) is 10.7. The Kier molecular flexibility index (Phi) is 4.53. The lowest BCUT2D eigenvalue weighted by Crippen LogP contribution is -2.26. The highest BCUT2D eigenvalue weighted by Crippen LogP contribution is 2.27. The first kappa shape index (κ1) is 14.3. The van der Waals surface area contributed by atoms with Gasteiger partial charge >= 0.3 is 5.97 Å². The minimum atomic E-state index is -0.973. The minimum absolute atomic E-state index is 0.127. The molecule has 5 heteroatoms. The zero-order chi connectivity index (χ0) is 14.5. The SMILES string of the molecule is CCN(CCCO)c1ncc(C(=O)O)c2ccccc12. The number of hydrogen-bond donors (Lipinski definition) is 2. The number of rotatable bonds is 6. The molecule has 0 fully saturated rings. The molecule has 0 bridgehead atoms. The number of carboxylic acids is 1. The summed E-state index contributed by atoms with van der Waals surface area (Å²) in [6, 6.07) is 7.37. The maximum atomic E-state index is 11.3. The van der Waals surface area contributed by atoms with Crippen molar-refractivity contribution in [1.82, 2.24) is 4.98 Å². The van der Waals surface area contributed by atoms with Crippen molar-refractivity contribution in [3.05, 3.63) is 36.0 Å². The van der Waals surface area contributed by atoms with E-state index in [-0.39, 0.29) is 12.2 Å². The Hall–Kier alpha value is -2.14. The van der Waals surface area contributed by atoms with E-state index in [1.807, 2.05) is 30.0 Å². The number of hydrogen-bond acceptors (Lipinski definition) is 4. The predicted molar refractivity (Wildman–Crippen MR) is 78.3 cm³/mol. The molecule has 0 unspecified atom stereocenters. The Bertz CT molecular complexity index is 613. The molecule has 2 aromatic rings. The fourth-order valence-corrected chi connectivity index (χ4v) is 2.28. The number of carboxylic acid groups (broad SMARTS) is 1. The van der Waals surface area contributed by atoms with Crippen molar-refractivity contribution in [2.75, 3.05) is 24.6 Å². The molecule has 0 aliphatic carbocycles. The highest BCUT2D eigenvalue weighted by atomic mass is 16.4. The van der Waals surface area contributed by atoms with Gasteiger partial charge < -0.3 is 15.1 Å². The van der Waals surface area contributed by atoms with Gasteiger partial charge in [-0.05, 0) is 13.3 Å². The summed E-state index contributed by atoms with van der Waals surface area (Å²) in [5, 5.41) is 19.7. The highest BCUT2D eigenvalue weighted by molar-refractivity contribution is 6.06. The molecule has 0 spiro atoms. The number of aliphatic hydroxyl groups excluding tert-OH is 1. The molecule has 2 N–H and O–H groups in total. The Labute approximate surface area is 117 Å². The van der Waals surface area contributed by atoms with Gasteiger partial charge in [-0.1, -0.05) is 24.3 Å². The summed E-state index contributed by atoms with van der Waals surface area (Å²) < 4.78 is 0. The number of carbonyl (C=O) groups is 1. The summed E-state index contributed by atoms with van der Waals surface area (Å²) in [4.78, 5) is 17.6. The highest BCUT2D eigenvalue weighted by Gasteiger charge is 2.15. The maximum Gasteiger partial charge on any atom is 0.337 e. The molecule has 0 aliphatic rings. The molecule has 0 saturated heterocycles. The molecule has 1 aromatic heterocycles. The van der Waals surface area contributed by atoms with Crippen LogP contribution in [0.1, 0.15) is 23.7 Å². The van der Waals surface area contributed by atoms with Crippen molar-refractivity contribution in [2.24, 2.45) is 0 Å². The summed E-state index contributed by atoms with van der Waals surface area (Å²) in [5.74, 6) is -0.208. The molecule has 20 heavy (non-hydrogen) atoms. The van der Waals surface area contributed by atoms with E-state index in [1.54, 1.807) is 6.07 Å². The van der Waals surface area contributed by atoms with E-state index in [1.165, 1.54) is 6.20 Å². The number of benzene rings is 1. The first-order valence-corrected chi connectivity index (χ1v) is 6.65. The van der Waals surface area contributed by atoms with Crippen molar-refractivity contribution in [3.63, 3.8) is 0 Å². The van der Waals surface area contributed by atoms with Crippen LogP contribution in [-0.2, 0) is 0 Å². The molecule has 0 amide bonds. The number of aromatic carboxylic acids is 1. The molecule has 1 heterocycles. The number of anilines is 1. The molecule has 2 rings (SSSR count). The zero-order valence-corrected chi connectivity index (χ0v) is 11.4. The van der Waals surface area contributed by atoms with Crippen LogP contribution in [-0.4, -0.2) is 40.9 Å². The second-order valence-electron chi connectivity index (χ2n) is 4.50. The van der Waals surface area contributed by atoms with Gasteiger partial charge in [-0.3, -0.25) is 0 Å². The van der Waals surface area contributed by atoms with Crippen molar-refractivity contribution >= 4 is 22.6 Å². The molecule has 0 atom stereocenters. The van der Waals surface area contributed by atoms with Crippen molar-refractivity contribution in [3.8, 4) is 0 Å². The van der Waals surface area contributed by atoms with Crippen molar-refractivity contribution in [2.45, 2.75) is 13.3 Å². The van der Waals surface area contributed by atoms with Crippen LogP contribution in [0.4, 0.5) is 5.82 Å². The van der Waals surface area contributed by atoms with E-state index in [0.29, 0.717) is 18.4 Å². The van der Waals surface area contributed by atoms with Gasteiger partial charge in [0.15, 0.2) is 0 Å². The molecule has 0 aliphatic heterocycles. The quantitative estimate of drug-likeness (QED) is 0.844. The van der Waals surface area contributed by atoms with Crippen LogP contribution in [0.15, 0.2) is 30.5 Å². The summed E-state index contributed by atoms with van der Waals surface area (Å²) in [6.07, 6.45) is 2.06. The summed E-state index contributed by atoms with van der Waals surface area (Å²) in [7, 11) is 0. The van der Waals surface area contributed by atoms with Gasteiger partial charge in [0.05, 0.1) is 5.56 Å². The van der Waals surface area contributed by atoms with E-state index >= 15 is 0 Å². The second kappa shape index (κ2) is 6.34. The topological polar surface area (TPSA) is 73.7 Å². The molecular weight excluding hydrogens is 256 g/mol. The van der Waals surface area contributed by atoms with Gasteiger partial charge in [-0.2, -0.15) is 0 Å². The lowest BCUT2D eigenvalue weighted by molar-refractivity contribution is 0.0698. The van der Waals surface area contributed by atoms with Crippen LogP contribution in [0.2, 0.25) is 0 Å². The van der Waals surface area contributed by atoms with Gasteiger partial charge in [0, 0.05) is 36.7 Å². The Morgan fingerprint density at radius 2 is 2.00 bits per heavy atom. The minimum Gasteiger partial charge on any atom is -0.478 e. The van der Waals surface area contributed by atoms with Gasteiger partial charge in [0.2, 0.25) is 0 Å². The van der Waals surface area contributed by atoms with Gasteiger partial charge in [0.25, 0.3) is 0 Å². The second-order valence-corrected chi connectivity index (χ2v) is 4.50. The monoisotopic (exact) mass is 274 g/mol. The lowest BCUT2D eigenvalue weighted by atomic mass is 10.1. The molecule has 5 nitrogen and oxygen atoms in total. The number of aromatic nitrogens is 1. The number of pyridine rings is 1. The Morgan fingerprint density at radius 1 is 1.30 bits per heavy atom. The summed E-state index contributed by atoms with van der Waals surface area (Å²) in [5.41, 5.74) is 0.211. The standard InChI is InChI=1S/C15H18N2O3/c1-2-17(8-5-9-18)14-12-7-4-3-6-11(12)13(10-16-14)15(19)20/h3-4,6-7,10,18H,2,5,8-9H2,1H3,(H,19,20). The van der Waals surface area contributed by atoms with Crippen LogP contribution >= 0.6 is 0 Å². The van der Waals surface area contributed by atoms with Gasteiger partial charge in [0.1, 0.15) is 5.82 Å². The van der Waals surface area contributed by atoms with Crippen LogP contribution in [0.3, 0.4) is 0 Å². The van der Waals surface area contributed by atoms with Crippen molar-refractivity contribution < 1.29 is 15.0 Å². The van der Waals surface area contributed by atoms with Crippen LogP contribution in [0.5, 0.6) is 0 Å². The van der Waals surface area contributed by atoms with E-state index in [9.17, 15) is 9.90 Å². The fraction of sp³-hybridized carbons (Fsp3) is 0.333. The third-order valence-electron chi connectivity index (χ3n) is 3.27. The largest absolute Gasteiger partial charge is 0.478 e. The Balaban J connectivity index is 2.54. The predicted octanol–water partition coefficient (Wildman–Crippen LogP) is 2.14. The van der Waals surface area contributed by atoms with E-state index in [0.717, 1.165) is 17.7 Å². The molecular formula is C15H18N2O3. The first-order valence-electron chi connectivity index (χ1n) is 6.65. The van der Waals surface area contributed by atoms with E-state index in [2.05, 4.69) is 4.98 Å². The number of nitrogens with zero attached hydrogens (tertiary/aromatic N) is 2. The first-order chi connectivity index (χ1) is 9.69.